The molecule has 0 aromatic heterocycles. The van der Waals surface area contributed by atoms with E-state index in [4.69, 9.17) is 4.74 Å². The van der Waals surface area contributed by atoms with Crippen LogP contribution in [-0.4, -0.2) is 18.1 Å². The number of benzene rings is 1. The van der Waals surface area contributed by atoms with Gasteiger partial charge in [-0.15, -0.1) is 0 Å². The molecule has 0 aliphatic rings. The van der Waals surface area contributed by atoms with Crippen molar-refractivity contribution in [2.24, 2.45) is 0 Å². The number of rotatable bonds is 5. The molecule has 1 rings (SSSR count). The minimum atomic E-state index is -0.499. The van der Waals surface area contributed by atoms with Crippen molar-refractivity contribution in [2.75, 3.05) is 0 Å². The lowest BCUT2D eigenvalue weighted by atomic mass is 10.0. The van der Waals surface area contributed by atoms with E-state index in [0.717, 1.165) is 15.8 Å². The van der Waals surface area contributed by atoms with Crippen molar-refractivity contribution < 1.29 is 9.53 Å². The van der Waals surface area contributed by atoms with E-state index < -0.39 is 6.10 Å². The maximum absolute atomic E-state index is 11.9. The summed E-state index contributed by atoms with van der Waals surface area (Å²) in [6, 6.07) is 5.98. The second kappa shape index (κ2) is 6.94. The van der Waals surface area contributed by atoms with Gasteiger partial charge in [0.15, 0.2) is 6.10 Å². The van der Waals surface area contributed by atoms with Crippen LogP contribution < -0.4 is 10.1 Å². The van der Waals surface area contributed by atoms with Gasteiger partial charge < -0.3 is 10.1 Å². The zero-order valence-electron chi connectivity index (χ0n) is 12.2. The minimum Gasteiger partial charge on any atom is -0.481 e. The highest BCUT2D eigenvalue weighted by Crippen LogP contribution is 2.30. The van der Waals surface area contributed by atoms with Gasteiger partial charge in [-0.25, -0.2) is 0 Å². The molecule has 106 valence electrons. The van der Waals surface area contributed by atoms with Crippen molar-refractivity contribution in [2.45, 2.75) is 52.7 Å². The van der Waals surface area contributed by atoms with Gasteiger partial charge in [0.25, 0.3) is 5.91 Å². The van der Waals surface area contributed by atoms with Gasteiger partial charge in [-0.1, -0.05) is 29.8 Å². The van der Waals surface area contributed by atoms with E-state index in [1.807, 2.05) is 32.0 Å². The summed E-state index contributed by atoms with van der Waals surface area (Å²) in [4.78, 5) is 11.9. The lowest BCUT2D eigenvalue weighted by Gasteiger charge is -2.20. The highest BCUT2D eigenvalue weighted by atomic mass is 79.9. The maximum Gasteiger partial charge on any atom is 0.260 e. The summed E-state index contributed by atoms with van der Waals surface area (Å²) >= 11 is 3.46. The zero-order chi connectivity index (χ0) is 14.6. The van der Waals surface area contributed by atoms with E-state index in [0.29, 0.717) is 5.92 Å². The number of nitrogens with one attached hydrogen (secondary N) is 1. The molecule has 1 atom stereocenters. The second-order valence-electron chi connectivity index (χ2n) is 5.26. The van der Waals surface area contributed by atoms with Crippen LogP contribution >= 0.6 is 15.9 Å². The molecule has 0 radical (unpaired) electrons. The van der Waals surface area contributed by atoms with E-state index in [2.05, 4.69) is 35.1 Å². The molecular weight excluding hydrogens is 306 g/mol. The molecule has 0 aliphatic carbocycles. The van der Waals surface area contributed by atoms with Gasteiger partial charge in [-0.2, -0.15) is 0 Å². The van der Waals surface area contributed by atoms with Crippen LogP contribution in [-0.2, 0) is 4.79 Å². The van der Waals surface area contributed by atoms with Crippen molar-refractivity contribution in [3.8, 4) is 5.75 Å². The molecule has 1 aromatic rings. The molecule has 1 unspecified atom stereocenters. The standard InChI is InChI=1S/C15H22BrNO2/c1-9(2)13-8-12(16)6-7-14(13)19-11(5)15(18)17-10(3)4/h6-11H,1-5H3,(H,17,18). The average molecular weight is 328 g/mol. The fourth-order valence-electron chi connectivity index (χ4n) is 1.72. The highest BCUT2D eigenvalue weighted by molar-refractivity contribution is 9.10. The first-order chi connectivity index (χ1) is 8.81. The summed E-state index contributed by atoms with van der Waals surface area (Å²) < 4.78 is 6.81. The first-order valence-electron chi connectivity index (χ1n) is 6.57. The van der Waals surface area contributed by atoms with Gasteiger partial charge in [0.1, 0.15) is 5.75 Å². The van der Waals surface area contributed by atoms with Crippen LogP contribution in [0.2, 0.25) is 0 Å². The van der Waals surface area contributed by atoms with Crippen molar-refractivity contribution in [1.29, 1.82) is 0 Å². The Hall–Kier alpha value is -1.03. The predicted molar refractivity (Wildman–Crippen MR) is 81.6 cm³/mol. The molecule has 0 saturated carbocycles. The summed E-state index contributed by atoms with van der Waals surface area (Å²) in [7, 11) is 0. The van der Waals surface area contributed by atoms with Crippen molar-refractivity contribution in [1.82, 2.24) is 5.32 Å². The fraction of sp³-hybridized carbons (Fsp3) is 0.533. The van der Waals surface area contributed by atoms with Crippen molar-refractivity contribution >= 4 is 21.8 Å². The third-order valence-electron chi connectivity index (χ3n) is 2.70. The Morgan fingerprint density at radius 2 is 1.84 bits per heavy atom. The summed E-state index contributed by atoms with van der Waals surface area (Å²) in [5.74, 6) is 1.02. The second-order valence-corrected chi connectivity index (χ2v) is 6.18. The Kier molecular flexibility index (Phi) is 5.85. The van der Waals surface area contributed by atoms with Crippen molar-refractivity contribution in [3.63, 3.8) is 0 Å². The van der Waals surface area contributed by atoms with Gasteiger partial charge in [0, 0.05) is 10.5 Å². The fourth-order valence-corrected chi connectivity index (χ4v) is 2.10. The van der Waals surface area contributed by atoms with Crippen LogP contribution in [0, 0.1) is 0 Å². The molecule has 0 aliphatic heterocycles. The molecular formula is C15H22BrNO2. The van der Waals surface area contributed by atoms with Crippen LogP contribution in [0.15, 0.2) is 22.7 Å². The van der Waals surface area contributed by atoms with Crippen molar-refractivity contribution in [3.05, 3.63) is 28.2 Å². The monoisotopic (exact) mass is 327 g/mol. The van der Waals surface area contributed by atoms with Crippen LogP contribution in [0.3, 0.4) is 0 Å². The predicted octanol–water partition coefficient (Wildman–Crippen LogP) is 3.86. The molecule has 3 nitrogen and oxygen atoms in total. The van der Waals surface area contributed by atoms with E-state index >= 15 is 0 Å². The molecule has 0 bridgehead atoms. The number of hydrogen-bond donors (Lipinski definition) is 1. The topological polar surface area (TPSA) is 38.3 Å². The summed E-state index contributed by atoms with van der Waals surface area (Å²) in [5.41, 5.74) is 1.10. The van der Waals surface area contributed by atoms with Gasteiger partial charge in [0.05, 0.1) is 0 Å². The number of hydrogen-bond acceptors (Lipinski definition) is 2. The van der Waals surface area contributed by atoms with Gasteiger partial charge in [-0.05, 0) is 50.5 Å². The Bertz CT molecular complexity index is 444. The third kappa shape index (κ3) is 4.86. The lowest BCUT2D eigenvalue weighted by molar-refractivity contribution is -0.127. The minimum absolute atomic E-state index is 0.0902. The number of ether oxygens (including phenoxy) is 1. The Labute approximate surface area is 123 Å². The SMILES string of the molecule is CC(C)NC(=O)C(C)Oc1ccc(Br)cc1C(C)C. The smallest absolute Gasteiger partial charge is 0.260 e. The Balaban J connectivity index is 2.84. The van der Waals surface area contributed by atoms with Crippen LogP contribution in [0.1, 0.15) is 46.1 Å². The molecule has 0 saturated heterocycles. The molecule has 0 spiro atoms. The molecule has 0 heterocycles. The van der Waals surface area contributed by atoms with E-state index in [1.165, 1.54) is 0 Å². The summed E-state index contributed by atoms with van der Waals surface area (Å²) in [5, 5.41) is 2.85. The molecule has 19 heavy (non-hydrogen) atoms. The number of carbonyl (C=O) groups is 1. The average Bonchev–Trinajstić information content (AvgIpc) is 2.30. The van der Waals surface area contributed by atoms with E-state index in [9.17, 15) is 4.79 Å². The quantitative estimate of drug-likeness (QED) is 0.891. The number of amides is 1. The Morgan fingerprint density at radius 3 is 2.37 bits per heavy atom. The lowest BCUT2D eigenvalue weighted by Crippen LogP contribution is -2.40. The maximum atomic E-state index is 11.9. The first-order valence-corrected chi connectivity index (χ1v) is 7.37. The van der Waals surface area contributed by atoms with Crippen LogP contribution in [0.25, 0.3) is 0 Å². The summed E-state index contributed by atoms with van der Waals surface area (Å²) in [6.45, 7) is 9.85. The van der Waals surface area contributed by atoms with Crippen LogP contribution in [0.5, 0.6) is 5.75 Å². The van der Waals surface area contributed by atoms with Crippen LogP contribution in [0.4, 0.5) is 0 Å². The van der Waals surface area contributed by atoms with Gasteiger partial charge in [0.2, 0.25) is 0 Å². The number of carbonyl (C=O) groups excluding carboxylic acids is 1. The molecule has 1 N–H and O–H groups in total. The van der Waals surface area contributed by atoms with E-state index in [-0.39, 0.29) is 11.9 Å². The molecule has 1 aromatic carbocycles. The Morgan fingerprint density at radius 1 is 1.21 bits per heavy atom. The van der Waals surface area contributed by atoms with Gasteiger partial charge in [-0.3, -0.25) is 4.79 Å². The molecule has 1 amide bonds. The zero-order valence-corrected chi connectivity index (χ0v) is 13.7. The largest absolute Gasteiger partial charge is 0.481 e. The molecule has 0 fully saturated rings. The summed E-state index contributed by atoms with van der Waals surface area (Å²) in [6.07, 6.45) is -0.499. The number of halogens is 1. The molecule has 4 heteroatoms. The first kappa shape index (κ1) is 16.0. The van der Waals surface area contributed by atoms with Gasteiger partial charge >= 0.3 is 0 Å². The van der Waals surface area contributed by atoms with E-state index in [1.54, 1.807) is 6.92 Å². The normalized spacial score (nSPS) is 12.6. The third-order valence-corrected chi connectivity index (χ3v) is 3.19. The highest BCUT2D eigenvalue weighted by Gasteiger charge is 2.18.